The highest BCUT2D eigenvalue weighted by atomic mass is 14.8. The number of nitrogens with zero attached hydrogens (tertiary/aromatic N) is 2. The second-order valence-electron chi connectivity index (χ2n) is 5.58. The predicted molar refractivity (Wildman–Crippen MR) is 109 cm³/mol. The molecule has 0 fully saturated rings. The van der Waals surface area contributed by atoms with Crippen LogP contribution < -0.4 is 0 Å². The predicted octanol–water partition coefficient (Wildman–Crippen LogP) is 6.51. The first-order valence-corrected chi connectivity index (χ1v) is 8.63. The summed E-state index contributed by atoms with van der Waals surface area (Å²) in [7, 11) is 0. The molecule has 0 saturated heterocycles. The minimum absolute atomic E-state index is 0.889. The number of aromatic nitrogens is 2. The molecular formula is C23H28N2. The second-order valence-corrected chi connectivity index (χ2v) is 5.58. The first-order chi connectivity index (χ1) is 12.1. The van der Waals surface area contributed by atoms with E-state index in [2.05, 4.69) is 54.7 Å². The van der Waals surface area contributed by atoms with Crippen molar-refractivity contribution in [3.8, 4) is 11.4 Å². The molecule has 0 radical (unpaired) electrons. The number of aryl methyl sites for hydroxylation is 2. The minimum Gasteiger partial charge on any atom is -0.255 e. The number of benzene rings is 1. The SMILES string of the molecule is C=C(C)c1ccc(-c2ccccn2)nc1.CC.Cc1ccc(C)cc1. The van der Waals surface area contributed by atoms with Crippen molar-refractivity contribution >= 4 is 5.57 Å². The van der Waals surface area contributed by atoms with Crippen LogP contribution in [0, 0.1) is 13.8 Å². The zero-order valence-corrected chi connectivity index (χ0v) is 16.0. The number of rotatable bonds is 2. The van der Waals surface area contributed by atoms with Gasteiger partial charge in [0.2, 0.25) is 0 Å². The Bertz CT molecular complexity index is 721. The van der Waals surface area contributed by atoms with Crippen molar-refractivity contribution in [1.29, 1.82) is 0 Å². The largest absolute Gasteiger partial charge is 0.255 e. The molecule has 0 unspecified atom stereocenters. The normalized spacial score (nSPS) is 9.16. The van der Waals surface area contributed by atoms with E-state index in [9.17, 15) is 0 Å². The molecule has 1 aromatic carbocycles. The van der Waals surface area contributed by atoms with Crippen LogP contribution in [0.15, 0.2) is 73.6 Å². The Hall–Kier alpha value is -2.74. The fourth-order valence-corrected chi connectivity index (χ4v) is 1.95. The Morgan fingerprint density at radius 2 is 1.32 bits per heavy atom. The van der Waals surface area contributed by atoms with Crippen LogP contribution >= 0.6 is 0 Å². The second kappa shape index (κ2) is 10.9. The van der Waals surface area contributed by atoms with Crippen molar-refractivity contribution in [1.82, 2.24) is 9.97 Å². The highest BCUT2D eigenvalue weighted by Gasteiger charge is 1.99. The number of allylic oxidation sites excluding steroid dienone is 1. The summed E-state index contributed by atoms with van der Waals surface area (Å²) in [4.78, 5) is 8.59. The maximum absolute atomic E-state index is 4.35. The zero-order chi connectivity index (χ0) is 18.7. The average molecular weight is 332 g/mol. The fraction of sp³-hybridized carbons (Fsp3) is 0.217. The molecule has 0 atom stereocenters. The Morgan fingerprint density at radius 3 is 1.72 bits per heavy atom. The van der Waals surface area contributed by atoms with Crippen molar-refractivity contribution in [3.63, 3.8) is 0 Å². The summed E-state index contributed by atoms with van der Waals surface area (Å²) in [6.07, 6.45) is 3.59. The quantitative estimate of drug-likeness (QED) is 0.535. The van der Waals surface area contributed by atoms with Gasteiger partial charge in [0.15, 0.2) is 0 Å². The minimum atomic E-state index is 0.889. The Kier molecular flexibility index (Phi) is 8.87. The van der Waals surface area contributed by atoms with Crippen molar-refractivity contribution in [2.45, 2.75) is 34.6 Å². The maximum atomic E-state index is 4.35. The monoisotopic (exact) mass is 332 g/mol. The highest BCUT2D eigenvalue weighted by Crippen LogP contribution is 2.16. The van der Waals surface area contributed by atoms with Gasteiger partial charge in [0, 0.05) is 12.4 Å². The molecule has 0 amide bonds. The van der Waals surface area contributed by atoms with Crippen LogP contribution in [0.4, 0.5) is 0 Å². The lowest BCUT2D eigenvalue weighted by Gasteiger charge is -2.01. The van der Waals surface area contributed by atoms with Gasteiger partial charge in [-0.2, -0.15) is 0 Å². The Labute approximate surface area is 152 Å². The maximum Gasteiger partial charge on any atom is 0.0886 e. The van der Waals surface area contributed by atoms with E-state index in [1.54, 1.807) is 6.20 Å². The van der Waals surface area contributed by atoms with E-state index in [-0.39, 0.29) is 0 Å². The molecule has 130 valence electrons. The summed E-state index contributed by atoms with van der Waals surface area (Å²) in [5.41, 5.74) is 6.53. The van der Waals surface area contributed by atoms with Gasteiger partial charge in [-0.05, 0) is 50.1 Å². The summed E-state index contributed by atoms with van der Waals surface area (Å²) in [6.45, 7) is 14.0. The van der Waals surface area contributed by atoms with Gasteiger partial charge in [-0.1, -0.05) is 68.0 Å². The third-order valence-electron chi connectivity index (χ3n) is 3.40. The Morgan fingerprint density at radius 1 is 0.760 bits per heavy atom. The van der Waals surface area contributed by atoms with Gasteiger partial charge < -0.3 is 0 Å². The molecule has 3 rings (SSSR count). The molecule has 25 heavy (non-hydrogen) atoms. The van der Waals surface area contributed by atoms with E-state index in [4.69, 9.17) is 0 Å². The van der Waals surface area contributed by atoms with Crippen LogP contribution in [0.2, 0.25) is 0 Å². The third kappa shape index (κ3) is 7.13. The summed E-state index contributed by atoms with van der Waals surface area (Å²) in [6, 6.07) is 18.3. The van der Waals surface area contributed by atoms with Gasteiger partial charge in [0.1, 0.15) is 0 Å². The highest BCUT2D eigenvalue weighted by molar-refractivity contribution is 5.63. The van der Waals surface area contributed by atoms with Crippen LogP contribution in [0.1, 0.15) is 37.5 Å². The summed E-state index contributed by atoms with van der Waals surface area (Å²) >= 11 is 0. The van der Waals surface area contributed by atoms with Crippen LogP contribution in [0.25, 0.3) is 17.0 Å². The lowest BCUT2D eigenvalue weighted by molar-refractivity contribution is 1.24. The molecule has 0 N–H and O–H groups in total. The van der Waals surface area contributed by atoms with Gasteiger partial charge >= 0.3 is 0 Å². The van der Waals surface area contributed by atoms with Gasteiger partial charge in [-0.25, -0.2) is 0 Å². The number of pyridine rings is 2. The standard InChI is InChI=1S/C13H12N2.C8H10.C2H6/c1-10(2)11-6-7-13(15-9-11)12-5-3-4-8-14-12;1-7-3-5-8(2)6-4-7;1-2/h3-9H,1H2,2H3;3-6H,1-2H3;1-2H3. The first-order valence-electron chi connectivity index (χ1n) is 8.63. The summed E-state index contributed by atoms with van der Waals surface area (Å²) in [5.74, 6) is 0. The molecule has 0 bridgehead atoms. The van der Waals surface area contributed by atoms with E-state index in [1.165, 1.54) is 11.1 Å². The van der Waals surface area contributed by atoms with Crippen LogP contribution in [-0.4, -0.2) is 9.97 Å². The van der Waals surface area contributed by atoms with Gasteiger partial charge in [0.05, 0.1) is 11.4 Å². The van der Waals surface area contributed by atoms with Crippen molar-refractivity contribution in [2.24, 2.45) is 0 Å². The molecule has 0 spiro atoms. The van der Waals surface area contributed by atoms with Gasteiger partial charge in [-0.15, -0.1) is 0 Å². The molecule has 0 saturated carbocycles. The van der Waals surface area contributed by atoms with Crippen molar-refractivity contribution < 1.29 is 0 Å². The van der Waals surface area contributed by atoms with Gasteiger partial charge in [0.25, 0.3) is 0 Å². The lowest BCUT2D eigenvalue weighted by Crippen LogP contribution is -1.87. The third-order valence-corrected chi connectivity index (χ3v) is 3.40. The molecular weight excluding hydrogens is 304 g/mol. The van der Waals surface area contributed by atoms with E-state index in [1.807, 2.05) is 57.3 Å². The Balaban J connectivity index is 0.000000264. The summed E-state index contributed by atoms with van der Waals surface area (Å²) < 4.78 is 0. The molecule has 3 aromatic rings. The topological polar surface area (TPSA) is 25.8 Å². The fourth-order valence-electron chi connectivity index (χ4n) is 1.95. The van der Waals surface area contributed by atoms with E-state index >= 15 is 0 Å². The number of hydrogen-bond donors (Lipinski definition) is 0. The smallest absolute Gasteiger partial charge is 0.0886 e. The molecule has 0 aliphatic rings. The molecule has 0 aliphatic heterocycles. The lowest BCUT2D eigenvalue weighted by atomic mass is 10.1. The molecule has 2 nitrogen and oxygen atoms in total. The van der Waals surface area contributed by atoms with E-state index in [0.717, 1.165) is 22.5 Å². The van der Waals surface area contributed by atoms with Crippen LogP contribution in [0.5, 0.6) is 0 Å². The first kappa shape index (κ1) is 20.3. The molecule has 0 aliphatic carbocycles. The molecule has 2 heterocycles. The van der Waals surface area contributed by atoms with E-state index in [0.29, 0.717) is 0 Å². The van der Waals surface area contributed by atoms with Gasteiger partial charge in [-0.3, -0.25) is 9.97 Å². The van der Waals surface area contributed by atoms with Crippen molar-refractivity contribution in [3.05, 3.63) is 90.3 Å². The average Bonchev–Trinajstić information content (AvgIpc) is 2.67. The number of hydrogen-bond acceptors (Lipinski definition) is 2. The molecule has 2 heteroatoms. The zero-order valence-electron chi connectivity index (χ0n) is 16.0. The summed E-state index contributed by atoms with van der Waals surface area (Å²) in [5, 5.41) is 0. The van der Waals surface area contributed by atoms with Crippen LogP contribution in [0.3, 0.4) is 0 Å². The molecule has 2 aromatic heterocycles. The van der Waals surface area contributed by atoms with E-state index < -0.39 is 0 Å². The van der Waals surface area contributed by atoms with Crippen LogP contribution in [-0.2, 0) is 0 Å². The van der Waals surface area contributed by atoms with Crippen molar-refractivity contribution in [2.75, 3.05) is 0 Å².